The van der Waals surface area contributed by atoms with Crippen molar-refractivity contribution in [2.75, 3.05) is 0 Å². The molecule has 1 aromatic carbocycles. The fraction of sp³-hybridized carbons (Fsp3) is 0.158. The van der Waals surface area contributed by atoms with Crippen molar-refractivity contribution in [1.29, 1.82) is 0 Å². The topological polar surface area (TPSA) is 50.9 Å². The second-order valence-electron chi connectivity index (χ2n) is 5.70. The summed E-state index contributed by atoms with van der Waals surface area (Å²) in [6.45, 7) is 3.05. The Morgan fingerprint density at radius 1 is 1.09 bits per heavy atom. The Labute approximate surface area is 134 Å². The first-order chi connectivity index (χ1) is 11.3. The van der Waals surface area contributed by atoms with Crippen LogP contribution in [0.5, 0.6) is 5.75 Å². The lowest BCUT2D eigenvalue weighted by molar-refractivity contribution is 0.477. The Balaban J connectivity index is 2.01. The molecule has 23 heavy (non-hydrogen) atoms. The minimum atomic E-state index is 0.241. The van der Waals surface area contributed by atoms with E-state index in [1.807, 2.05) is 18.3 Å². The SMILES string of the molecule is CCCn1cc2c(O)cnc-2c2ccc(-c3ccncc3)cc21. The molecular formula is C19H17N3O. The largest absolute Gasteiger partial charge is 0.506 e. The van der Waals surface area contributed by atoms with Gasteiger partial charge < -0.3 is 9.67 Å². The van der Waals surface area contributed by atoms with Crippen molar-refractivity contribution < 1.29 is 5.11 Å². The van der Waals surface area contributed by atoms with E-state index in [4.69, 9.17) is 0 Å². The Bertz CT molecular complexity index is 944. The maximum absolute atomic E-state index is 10.0. The molecule has 0 spiro atoms. The van der Waals surface area contributed by atoms with Crippen LogP contribution in [-0.4, -0.2) is 19.6 Å². The molecule has 1 N–H and O–H groups in total. The molecule has 4 nitrogen and oxygen atoms in total. The van der Waals surface area contributed by atoms with Crippen LogP contribution >= 0.6 is 0 Å². The number of fused-ring (bicyclic) bond motifs is 3. The van der Waals surface area contributed by atoms with Crippen molar-refractivity contribution in [2.45, 2.75) is 19.9 Å². The lowest BCUT2D eigenvalue weighted by Gasteiger charge is -2.15. The van der Waals surface area contributed by atoms with Gasteiger partial charge in [0.15, 0.2) is 0 Å². The number of aryl methyl sites for hydroxylation is 1. The van der Waals surface area contributed by atoms with Gasteiger partial charge in [0.1, 0.15) is 5.75 Å². The van der Waals surface area contributed by atoms with Crippen LogP contribution in [0.3, 0.4) is 0 Å². The number of aromatic hydroxyl groups is 1. The van der Waals surface area contributed by atoms with E-state index in [2.05, 4.69) is 39.7 Å². The highest BCUT2D eigenvalue weighted by Gasteiger charge is 2.17. The van der Waals surface area contributed by atoms with Gasteiger partial charge in [0.2, 0.25) is 0 Å². The van der Waals surface area contributed by atoms with E-state index in [0.29, 0.717) is 0 Å². The highest BCUT2D eigenvalue weighted by molar-refractivity contribution is 5.97. The monoisotopic (exact) mass is 303 g/mol. The molecule has 4 rings (SSSR count). The molecule has 2 aliphatic heterocycles. The van der Waals surface area contributed by atoms with Crippen LogP contribution in [-0.2, 0) is 6.54 Å². The molecule has 2 aliphatic rings. The first-order valence-electron chi connectivity index (χ1n) is 7.79. The van der Waals surface area contributed by atoms with Crippen LogP contribution in [0.4, 0.5) is 0 Å². The molecule has 0 atom stereocenters. The fourth-order valence-corrected chi connectivity index (χ4v) is 3.07. The third-order valence-electron chi connectivity index (χ3n) is 4.17. The average Bonchev–Trinajstić information content (AvgIpc) is 2.97. The number of benzene rings is 1. The van der Waals surface area contributed by atoms with Gasteiger partial charge in [-0.05, 0) is 35.7 Å². The summed E-state index contributed by atoms with van der Waals surface area (Å²) in [5.74, 6) is 0.241. The molecule has 0 fully saturated rings. The smallest absolute Gasteiger partial charge is 0.144 e. The second-order valence-corrected chi connectivity index (χ2v) is 5.70. The summed E-state index contributed by atoms with van der Waals surface area (Å²) in [7, 11) is 0. The van der Waals surface area contributed by atoms with Gasteiger partial charge in [-0.25, -0.2) is 0 Å². The van der Waals surface area contributed by atoms with E-state index in [1.54, 1.807) is 12.4 Å². The van der Waals surface area contributed by atoms with E-state index in [1.165, 1.54) is 6.20 Å². The maximum Gasteiger partial charge on any atom is 0.144 e. The lowest BCUT2D eigenvalue weighted by Crippen LogP contribution is -2.02. The molecular weight excluding hydrogens is 286 g/mol. The number of hydrogen-bond acceptors (Lipinski definition) is 3. The van der Waals surface area contributed by atoms with Gasteiger partial charge in [-0.15, -0.1) is 0 Å². The Morgan fingerprint density at radius 2 is 1.91 bits per heavy atom. The predicted octanol–water partition coefficient (Wildman–Crippen LogP) is 4.32. The molecule has 0 saturated heterocycles. The van der Waals surface area contributed by atoms with E-state index in [9.17, 15) is 5.11 Å². The second kappa shape index (κ2) is 5.39. The summed E-state index contributed by atoms with van der Waals surface area (Å²) >= 11 is 0. The van der Waals surface area contributed by atoms with Crippen LogP contribution in [0.1, 0.15) is 13.3 Å². The van der Waals surface area contributed by atoms with Crippen LogP contribution in [0.25, 0.3) is 33.3 Å². The van der Waals surface area contributed by atoms with Crippen LogP contribution < -0.4 is 0 Å². The van der Waals surface area contributed by atoms with Gasteiger partial charge in [-0.1, -0.05) is 19.1 Å². The summed E-state index contributed by atoms with van der Waals surface area (Å²) in [5, 5.41) is 11.1. The summed E-state index contributed by atoms with van der Waals surface area (Å²) < 4.78 is 2.20. The zero-order valence-corrected chi connectivity index (χ0v) is 12.9. The van der Waals surface area contributed by atoms with Gasteiger partial charge in [0, 0.05) is 30.5 Å². The Kier molecular flexibility index (Phi) is 3.23. The van der Waals surface area contributed by atoms with E-state index < -0.39 is 0 Å². The van der Waals surface area contributed by atoms with Crippen molar-refractivity contribution in [3.63, 3.8) is 0 Å². The molecule has 1 aromatic heterocycles. The summed E-state index contributed by atoms with van der Waals surface area (Å²) in [6, 6.07) is 10.4. The zero-order valence-electron chi connectivity index (χ0n) is 12.9. The van der Waals surface area contributed by atoms with Crippen LogP contribution in [0.2, 0.25) is 0 Å². The molecule has 0 amide bonds. The van der Waals surface area contributed by atoms with Crippen molar-refractivity contribution in [2.24, 2.45) is 0 Å². The minimum Gasteiger partial charge on any atom is -0.506 e. The van der Waals surface area contributed by atoms with Gasteiger partial charge in [-0.2, -0.15) is 0 Å². The minimum absolute atomic E-state index is 0.241. The van der Waals surface area contributed by atoms with Gasteiger partial charge in [-0.3, -0.25) is 9.97 Å². The quantitative estimate of drug-likeness (QED) is 0.613. The van der Waals surface area contributed by atoms with Gasteiger partial charge >= 0.3 is 0 Å². The molecule has 114 valence electrons. The first kappa shape index (κ1) is 13.8. The third kappa shape index (κ3) is 2.23. The van der Waals surface area contributed by atoms with Crippen molar-refractivity contribution in [1.82, 2.24) is 14.5 Å². The van der Waals surface area contributed by atoms with Gasteiger partial charge in [0.25, 0.3) is 0 Å². The fourth-order valence-electron chi connectivity index (χ4n) is 3.07. The number of hydrogen-bond donors (Lipinski definition) is 1. The van der Waals surface area contributed by atoms with E-state index >= 15 is 0 Å². The molecule has 0 bridgehead atoms. The number of aromatic nitrogens is 3. The number of nitrogens with zero attached hydrogens (tertiary/aromatic N) is 3. The molecule has 3 heterocycles. The standard InChI is InChI=1S/C19H17N3O/c1-2-9-22-12-16-18(23)11-21-19(16)15-4-3-14(10-17(15)22)13-5-7-20-8-6-13/h3-8,10-12,23H,2,9H2,1H3. The van der Waals surface area contributed by atoms with Crippen molar-refractivity contribution >= 4 is 10.9 Å². The van der Waals surface area contributed by atoms with E-state index in [0.717, 1.165) is 46.3 Å². The average molecular weight is 303 g/mol. The summed E-state index contributed by atoms with van der Waals surface area (Å²) in [5.41, 5.74) is 5.09. The van der Waals surface area contributed by atoms with Crippen LogP contribution in [0, 0.1) is 0 Å². The number of pyridine rings is 2. The van der Waals surface area contributed by atoms with Crippen molar-refractivity contribution in [3.8, 4) is 28.1 Å². The third-order valence-corrected chi connectivity index (χ3v) is 4.17. The Morgan fingerprint density at radius 3 is 2.70 bits per heavy atom. The van der Waals surface area contributed by atoms with E-state index in [-0.39, 0.29) is 5.75 Å². The molecule has 4 heteroatoms. The predicted molar refractivity (Wildman–Crippen MR) is 91.5 cm³/mol. The van der Waals surface area contributed by atoms with Gasteiger partial charge in [0.05, 0.1) is 23.0 Å². The summed E-state index contributed by atoms with van der Waals surface area (Å²) in [6.07, 6.45) is 8.16. The zero-order chi connectivity index (χ0) is 15.8. The molecule has 0 unspecified atom stereocenters. The first-order valence-corrected chi connectivity index (χ1v) is 7.79. The highest BCUT2D eigenvalue weighted by Crippen LogP contribution is 2.37. The molecule has 0 radical (unpaired) electrons. The van der Waals surface area contributed by atoms with Crippen molar-refractivity contribution in [3.05, 3.63) is 55.1 Å². The van der Waals surface area contributed by atoms with Crippen LogP contribution in [0.15, 0.2) is 55.1 Å². The highest BCUT2D eigenvalue weighted by atomic mass is 16.3. The number of rotatable bonds is 3. The molecule has 2 aromatic rings. The maximum atomic E-state index is 10.0. The molecule has 0 aliphatic carbocycles. The normalized spacial score (nSPS) is 11.3. The Hall–Kier alpha value is -2.88. The summed E-state index contributed by atoms with van der Waals surface area (Å²) in [4.78, 5) is 8.46. The lowest BCUT2D eigenvalue weighted by atomic mass is 10.0. The molecule has 0 saturated carbocycles.